The molecular formula is C12H7N5O4S. The molecule has 0 spiro atoms. The zero-order valence-electron chi connectivity index (χ0n) is 10.8. The maximum atomic E-state index is 10.8. The molecule has 2 rings (SSSR count). The van der Waals surface area contributed by atoms with Crippen LogP contribution in [0, 0.1) is 20.8 Å². The summed E-state index contributed by atoms with van der Waals surface area (Å²) in [6.45, 7) is 0. The molecule has 0 fully saturated rings. The van der Waals surface area contributed by atoms with Crippen LogP contribution in [-0.2, 0) is 0 Å². The number of hydrogen-bond acceptors (Lipinski definition) is 8. The molecule has 1 heterocycles. The summed E-state index contributed by atoms with van der Waals surface area (Å²) in [7, 11) is 0. The van der Waals surface area contributed by atoms with Crippen molar-refractivity contribution in [1.29, 1.82) is 5.26 Å². The molecule has 1 aromatic heterocycles. The van der Waals surface area contributed by atoms with Gasteiger partial charge < -0.3 is 10.4 Å². The first-order chi connectivity index (χ1) is 10.5. The molecule has 10 heteroatoms. The minimum Gasteiger partial charge on any atom is -0.478 e. The Morgan fingerprint density at radius 1 is 1.41 bits per heavy atom. The number of nitriles is 1. The lowest BCUT2D eigenvalue weighted by atomic mass is 10.2. The second-order valence-corrected chi connectivity index (χ2v) is 4.62. The van der Waals surface area contributed by atoms with E-state index in [0.717, 1.165) is 6.20 Å². The van der Waals surface area contributed by atoms with Crippen LogP contribution in [0.5, 0.6) is 0 Å². The van der Waals surface area contributed by atoms with Crippen LogP contribution in [0.4, 0.5) is 17.3 Å². The van der Waals surface area contributed by atoms with Gasteiger partial charge in [0, 0.05) is 17.4 Å². The van der Waals surface area contributed by atoms with E-state index in [4.69, 9.17) is 10.4 Å². The Balaban J connectivity index is 2.26. The van der Waals surface area contributed by atoms with E-state index in [2.05, 4.69) is 15.3 Å². The van der Waals surface area contributed by atoms with Crippen molar-refractivity contribution < 1.29 is 14.8 Å². The molecule has 0 aliphatic heterocycles. The number of aromatic nitrogens is 2. The molecule has 2 N–H and O–H groups in total. The van der Waals surface area contributed by atoms with Crippen molar-refractivity contribution in [3.63, 3.8) is 0 Å². The quantitative estimate of drug-likeness (QED) is 0.279. The molecule has 0 radical (unpaired) electrons. The van der Waals surface area contributed by atoms with Crippen molar-refractivity contribution in [3.05, 3.63) is 46.1 Å². The number of benzene rings is 1. The first kappa shape index (κ1) is 15.2. The highest BCUT2D eigenvalue weighted by Gasteiger charge is 2.18. The Morgan fingerprint density at radius 2 is 2.09 bits per heavy atom. The third-order valence-electron chi connectivity index (χ3n) is 2.46. The number of carboxylic acid groups (broad SMARTS) is 1. The largest absolute Gasteiger partial charge is 0.478 e. The number of carboxylic acids is 1. The van der Waals surface area contributed by atoms with Gasteiger partial charge in [0.2, 0.25) is 5.95 Å². The zero-order chi connectivity index (χ0) is 16.1. The maximum absolute atomic E-state index is 10.8. The van der Waals surface area contributed by atoms with Gasteiger partial charge in [-0.05, 0) is 24.3 Å². The summed E-state index contributed by atoms with van der Waals surface area (Å²) in [5, 5.41) is 32.7. The molecule has 0 amide bonds. The standard InChI is InChI=1S/C12H7N5O4S/c13-6-22-10-9(17(20)21)5-14-12(16-10)15-8-3-1-7(2-4-8)11(18)19/h1-5H,(H,18,19)(H,14,15,16). The SMILES string of the molecule is N#CSc1nc(Nc2ccc(C(=O)O)cc2)ncc1[N+](=O)[O-]. The van der Waals surface area contributed by atoms with Crippen molar-refractivity contribution in [2.24, 2.45) is 0 Å². The van der Waals surface area contributed by atoms with E-state index in [1.807, 2.05) is 0 Å². The van der Waals surface area contributed by atoms with E-state index >= 15 is 0 Å². The van der Waals surface area contributed by atoms with Crippen LogP contribution in [0.3, 0.4) is 0 Å². The normalized spacial score (nSPS) is 9.77. The van der Waals surface area contributed by atoms with Gasteiger partial charge in [0.25, 0.3) is 0 Å². The fraction of sp³-hybridized carbons (Fsp3) is 0. The number of hydrogen-bond donors (Lipinski definition) is 2. The maximum Gasteiger partial charge on any atom is 0.335 e. The van der Waals surface area contributed by atoms with Crippen LogP contribution in [-0.4, -0.2) is 26.0 Å². The molecular weight excluding hydrogens is 310 g/mol. The summed E-state index contributed by atoms with van der Waals surface area (Å²) in [5.74, 6) is -0.989. The predicted molar refractivity (Wildman–Crippen MR) is 76.8 cm³/mol. The van der Waals surface area contributed by atoms with Gasteiger partial charge in [0.1, 0.15) is 11.6 Å². The molecule has 0 saturated carbocycles. The summed E-state index contributed by atoms with van der Waals surface area (Å²) in [6, 6.07) is 5.79. The number of thioether (sulfide) groups is 1. The Labute approximate surface area is 127 Å². The van der Waals surface area contributed by atoms with Crippen LogP contribution >= 0.6 is 11.8 Å². The molecule has 9 nitrogen and oxygen atoms in total. The first-order valence-electron chi connectivity index (χ1n) is 5.69. The van der Waals surface area contributed by atoms with Gasteiger partial charge in [0.15, 0.2) is 5.03 Å². The number of aromatic carboxylic acids is 1. The third kappa shape index (κ3) is 3.47. The van der Waals surface area contributed by atoms with E-state index in [9.17, 15) is 14.9 Å². The van der Waals surface area contributed by atoms with Crippen LogP contribution in [0.15, 0.2) is 35.5 Å². The number of nitrogens with one attached hydrogen (secondary N) is 1. The van der Waals surface area contributed by atoms with Gasteiger partial charge in [0.05, 0.1) is 10.5 Å². The van der Waals surface area contributed by atoms with Crippen molar-refractivity contribution in [3.8, 4) is 5.40 Å². The number of carbonyl (C=O) groups is 1. The minimum absolute atomic E-state index is 0.0615. The summed E-state index contributed by atoms with van der Waals surface area (Å²) < 4.78 is 0. The Kier molecular flexibility index (Phi) is 4.50. The molecule has 2 aromatic rings. The van der Waals surface area contributed by atoms with Crippen molar-refractivity contribution in [1.82, 2.24) is 9.97 Å². The highest BCUT2D eigenvalue weighted by Crippen LogP contribution is 2.27. The summed E-state index contributed by atoms with van der Waals surface area (Å²) in [4.78, 5) is 28.6. The van der Waals surface area contributed by atoms with E-state index < -0.39 is 10.9 Å². The molecule has 0 atom stereocenters. The zero-order valence-corrected chi connectivity index (χ0v) is 11.6. The minimum atomic E-state index is -1.05. The molecule has 110 valence electrons. The van der Waals surface area contributed by atoms with Crippen molar-refractivity contribution >= 4 is 35.1 Å². The van der Waals surface area contributed by atoms with Crippen molar-refractivity contribution in [2.45, 2.75) is 5.03 Å². The summed E-state index contributed by atoms with van der Waals surface area (Å²) in [6.07, 6.45) is 1.00. The van der Waals surface area contributed by atoms with E-state index in [1.54, 1.807) is 5.40 Å². The van der Waals surface area contributed by atoms with Crippen LogP contribution in [0.25, 0.3) is 0 Å². The lowest BCUT2D eigenvalue weighted by Crippen LogP contribution is -2.01. The van der Waals surface area contributed by atoms with Gasteiger partial charge in [-0.25, -0.2) is 9.78 Å². The number of thiocyanates is 1. The fourth-order valence-corrected chi connectivity index (χ4v) is 1.94. The number of nitrogens with zero attached hydrogens (tertiary/aromatic N) is 4. The number of rotatable bonds is 5. The van der Waals surface area contributed by atoms with Gasteiger partial charge >= 0.3 is 11.7 Å². The first-order valence-corrected chi connectivity index (χ1v) is 6.50. The number of anilines is 2. The highest BCUT2D eigenvalue weighted by atomic mass is 32.2. The summed E-state index contributed by atoms with van der Waals surface area (Å²) >= 11 is 0.556. The summed E-state index contributed by atoms with van der Waals surface area (Å²) in [5.41, 5.74) is 0.265. The van der Waals surface area contributed by atoms with Crippen LogP contribution < -0.4 is 5.32 Å². The second kappa shape index (κ2) is 6.51. The fourth-order valence-electron chi connectivity index (χ4n) is 1.49. The average molecular weight is 317 g/mol. The molecule has 22 heavy (non-hydrogen) atoms. The topological polar surface area (TPSA) is 142 Å². The monoisotopic (exact) mass is 317 g/mol. The van der Waals surface area contributed by atoms with Crippen molar-refractivity contribution in [2.75, 3.05) is 5.32 Å². The molecule has 1 aromatic carbocycles. The third-order valence-corrected chi connectivity index (χ3v) is 3.05. The lowest BCUT2D eigenvalue weighted by Gasteiger charge is -2.05. The van der Waals surface area contributed by atoms with Gasteiger partial charge in [-0.3, -0.25) is 10.1 Å². The molecule has 0 unspecified atom stereocenters. The van der Waals surface area contributed by atoms with E-state index in [-0.39, 0.29) is 22.2 Å². The van der Waals surface area contributed by atoms with Gasteiger partial charge in [-0.1, -0.05) is 0 Å². The Hall–Kier alpha value is -3.19. The smallest absolute Gasteiger partial charge is 0.335 e. The van der Waals surface area contributed by atoms with Crippen LogP contribution in [0.1, 0.15) is 10.4 Å². The molecule has 0 aliphatic carbocycles. The molecule has 0 aliphatic rings. The van der Waals surface area contributed by atoms with Gasteiger partial charge in [-0.15, -0.1) is 0 Å². The van der Waals surface area contributed by atoms with E-state index in [1.165, 1.54) is 24.3 Å². The van der Waals surface area contributed by atoms with Gasteiger partial charge in [-0.2, -0.15) is 10.2 Å². The lowest BCUT2D eigenvalue weighted by molar-refractivity contribution is -0.388. The number of nitro groups is 1. The molecule has 0 bridgehead atoms. The second-order valence-electron chi connectivity index (χ2n) is 3.84. The average Bonchev–Trinajstić information content (AvgIpc) is 2.48. The Bertz CT molecular complexity index is 772. The van der Waals surface area contributed by atoms with Crippen LogP contribution in [0.2, 0.25) is 0 Å². The van der Waals surface area contributed by atoms with E-state index in [0.29, 0.717) is 17.4 Å². The highest BCUT2D eigenvalue weighted by molar-refractivity contribution is 8.03. The predicted octanol–water partition coefficient (Wildman–Crippen LogP) is 2.40. The Morgan fingerprint density at radius 3 is 2.64 bits per heavy atom. The molecule has 0 saturated heterocycles.